The van der Waals surface area contributed by atoms with E-state index in [0.29, 0.717) is 18.3 Å². The molecule has 4 rings (SSSR count). The molecule has 0 bridgehead atoms. The van der Waals surface area contributed by atoms with Crippen LogP contribution in [0.25, 0.3) is 5.57 Å². The molecule has 3 aliphatic rings. The molecule has 2 unspecified atom stereocenters. The van der Waals surface area contributed by atoms with Crippen LogP contribution in [0.15, 0.2) is 89.8 Å². The molecule has 0 heterocycles. The molecule has 1 aromatic carbocycles. The van der Waals surface area contributed by atoms with Crippen LogP contribution in [0.2, 0.25) is 0 Å². The van der Waals surface area contributed by atoms with Gasteiger partial charge in [-0.1, -0.05) is 79.7 Å². The molecule has 1 aromatic rings. The fraction of sp³-hybridized carbons (Fsp3) is 0.400. The molecule has 0 saturated carbocycles. The standard InChI is InChI=1S/C30H34F2/c1-22(25-6-4-3-5-7-25)20-24-10-8-23(9-11-24)16-18-30(2)19-17-27(21-29(30)32)26-12-14-28(31)15-13-26/h3-4,6,8-10,12-15,17,21-22,24H,5,7,11,16,18-20H2,1-2H3/t22-,24?,30?/m0/s1. The van der Waals surface area contributed by atoms with E-state index in [4.69, 9.17) is 0 Å². The molecule has 0 amide bonds. The second-order valence-electron chi connectivity index (χ2n) is 9.90. The molecule has 3 atom stereocenters. The van der Waals surface area contributed by atoms with E-state index in [0.717, 1.165) is 30.4 Å². The maximum Gasteiger partial charge on any atom is 0.123 e. The molecule has 0 aliphatic heterocycles. The van der Waals surface area contributed by atoms with Gasteiger partial charge in [0.15, 0.2) is 0 Å². The molecule has 0 aromatic heterocycles. The van der Waals surface area contributed by atoms with E-state index in [9.17, 15) is 4.39 Å². The zero-order chi connectivity index (χ0) is 22.6. The van der Waals surface area contributed by atoms with Crippen LogP contribution in [0, 0.1) is 23.1 Å². The summed E-state index contributed by atoms with van der Waals surface area (Å²) in [4.78, 5) is 0. The van der Waals surface area contributed by atoms with Crippen LogP contribution in [-0.2, 0) is 0 Å². The van der Waals surface area contributed by atoms with Gasteiger partial charge in [-0.3, -0.25) is 0 Å². The van der Waals surface area contributed by atoms with E-state index in [1.165, 1.54) is 37.0 Å². The maximum atomic E-state index is 15.1. The minimum absolute atomic E-state index is 0.0683. The van der Waals surface area contributed by atoms with Gasteiger partial charge in [-0.15, -0.1) is 0 Å². The van der Waals surface area contributed by atoms with Crippen molar-refractivity contribution in [2.24, 2.45) is 17.3 Å². The van der Waals surface area contributed by atoms with Gasteiger partial charge in [0.25, 0.3) is 0 Å². The van der Waals surface area contributed by atoms with Crippen molar-refractivity contribution in [2.45, 2.75) is 58.8 Å². The second kappa shape index (κ2) is 9.98. The lowest BCUT2D eigenvalue weighted by atomic mass is 9.75. The van der Waals surface area contributed by atoms with Crippen molar-refractivity contribution < 1.29 is 8.78 Å². The second-order valence-corrected chi connectivity index (χ2v) is 9.90. The van der Waals surface area contributed by atoms with E-state index in [2.05, 4.69) is 49.5 Å². The zero-order valence-corrected chi connectivity index (χ0v) is 19.3. The highest BCUT2D eigenvalue weighted by molar-refractivity contribution is 5.75. The first-order valence-corrected chi connectivity index (χ1v) is 12.0. The Morgan fingerprint density at radius 2 is 1.94 bits per heavy atom. The van der Waals surface area contributed by atoms with Crippen molar-refractivity contribution in [3.63, 3.8) is 0 Å². The number of benzene rings is 1. The van der Waals surface area contributed by atoms with Crippen LogP contribution >= 0.6 is 0 Å². The lowest BCUT2D eigenvalue weighted by Gasteiger charge is -2.31. The first kappa shape index (κ1) is 22.7. The minimum atomic E-state index is -0.468. The van der Waals surface area contributed by atoms with E-state index in [1.807, 2.05) is 6.92 Å². The molecule has 0 nitrogen and oxygen atoms in total. The average Bonchev–Trinajstić information content (AvgIpc) is 2.82. The van der Waals surface area contributed by atoms with E-state index in [-0.39, 0.29) is 11.6 Å². The van der Waals surface area contributed by atoms with E-state index < -0.39 is 5.41 Å². The number of rotatable bonds is 7. The number of hydrogen-bond acceptors (Lipinski definition) is 0. The summed E-state index contributed by atoms with van der Waals surface area (Å²) in [6.45, 7) is 4.37. The monoisotopic (exact) mass is 432 g/mol. The third kappa shape index (κ3) is 5.46. The summed E-state index contributed by atoms with van der Waals surface area (Å²) in [5.74, 6) is 0.894. The Kier molecular flexibility index (Phi) is 7.08. The van der Waals surface area contributed by atoms with Crippen molar-refractivity contribution >= 4 is 5.57 Å². The molecule has 32 heavy (non-hydrogen) atoms. The average molecular weight is 433 g/mol. The van der Waals surface area contributed by atoms with Crippen molar-refractivity contribution in [3.8, 4) is 0 Å². The predicted molar refractivity (Wildman–Crippen MR) is 131 cm³/mol. The van der Waals surface area contributed by atoms with E-state index in [1.54, 1.807) is 23.8 Å². The van der Waals surface area contributed by atoms with Crippen molar-refractivity contribution in [1.82, 2.24) is 0 Å². The molecular formula is C30H34F2. The van der Waals surface area contributed by atoms with Crippen LogP contribution in [0.5, 0.6) is 0 Å². The van der Waals surface area contributed by atoms with Gasteiger partial charge < -0.3 is 0 Å². The summed E-state index contributed by atoms with van der Waals surface area (Å²) in [6, 6.07) is 6.28. The highest BCUT2D eigenvalue weighted by atomic mass is 19.1. The zero-order valence-electron chi connectivity index (χ0n) is 19.3. The summed E-state index contributed by atoms with van der Waals surface area (Å²) in [5, 5.41) is 0. The number of halogens is 2. The number of allylic oxidation sites excluding steroid dienone is 12. The lowest BCUT2D eigenvalue weighted by molar-refractivity contribution is 0.294. The Balaban J connectivity index is 1.29. The normalized spacial score (nSPS) is 26.2. The Morgan fingerprint density at radius 1 is 1.12 bits per heavy atom. The Labute approximate surface area is 191 Å². The fourth-order valence-electron chi connectivity index (χ4n) is 4.99. The highest BCUT2D eigenvalue weighted by Gasteiger charge is 2.31. The highest BCUT2D eigenvalue weighted by Crippen LogP contribution is 2.44. The Morgan fingerprint density at radius 3 is 2.59 bits per heavy atom. The van der Waals surface area contributed by atoms with E-state index >= 15 is 4.39 Å². The first-order valence-electron chi connectivity index (χ1n) is 12.0. The lowest BCUT2D eigenvalue weighted by Crippen LogP contribution is -2.19. The third-order valence-electron chi connectivity index (χ3n) is 7.37. The Hall–Kier alpha value is -2.48. The van der Waals surface area contributed by atoms with Crippen molar-refractivity contribution in [2.75, 3.05) is 0 Å². The summed E-state index contributed by atoms with van der Waals surface area (Å²) in [7, 11) is 0. The fourth-order valence-corrected chi connectivity index (χ4v) is 4.99. The van der Waals surface area contributed by atoms with Gasteiger partial charge in [0.2, 0.25) is 0 Å². The molecule has 2 heteroatoms. The van der Waals surface area contributed by atoms with Gasteiger partial charge in [-0.2, -0.15) is 0 Å². The largest absolute Gasteiger partial charge is 0.211 e. The topological polar surface area (TPSA) is 0 Å². The predicted octanol–water partition coefficient (Wildman–Crippen LogP) is 9.06. The van der Waals surface area contributed by atoms with Gasteiger partial charge >= 0.3 is 0 Å². The molecule has 3 aliphatic carbocycles. The van der Waals surface area contributed by atoms with Gasteiger partial charge in [0, 0.05) is 5.41 Å². The molecule has 0 N–H and O–H groups in total. The summed E-state index contributed by atoms with van der Waals surface area (Å²) in [6.07, 6.45) is 24.5. The van der Waals surface area contributed by atoms with Crippen molar-refractivity contribution in [3.05, 3.63) is 101 Å². The summed E-state index contributed by atoms with van der Waals surface area (Å²) < 4.78 is 28.3. The molecule has 0 radical (unpaired) electrons. The minimum Gasteiger partial charge on any atom is -0.211 e. The number of hydrogen-bond donors (Lipinski definition) is 0. The van der Waals surface area contributed by atoms with Gasteiger partial charge in [0.1, 0.15) is 11.6 Å². The van der Waals surface area contributed by atoms with Gasteiger partial charge in [0.05, 0.1) is 0 Å². The smallest absolute Gasteiger partial charge is 0.123 e. The summed E-state index contributed by atoms with van der Waals surface area (Å²) in [5.41, 5.74) is 4.15. The molecule has 168 valence electrons. The van der Waals surface area contributed by atoms with Crippen LogP contribution in [0.1, 0.15) is 64.4 Å². The first-order chi connectivity index (χ1) is 15.4. The molecule has 0 spiro atoms. The Bertz CT molecular complexity index is 1000. The summed E-state index contributed by atoms with van der Waals surface area (Å²) >= 11 is 0. The van der Waals surface area contributed by atoms with Crippen LogP contribution in [0.4, 0.5) is 8.78 Å². The van der Waals surface area contributed by atoms with Crippen molar-refractivity contribution in [1.29, 1.82) is 0 Å². The van der Waals surface area contributed by atoms with Crippen LogP contribution < -0.4 is 0 Å². The molecule has 0 fully saturated rings. The van der Waals surface area contributed by atoms with Gasteiger partial charge in [-0.05, 0) is 86.1 Å². The van der Waals surface area contributed by atoms with Crippen LogP contribution in [0.3, 0.4) is 0 Å². The van der Waals surface area contributed by atoms with Crippen LogP contribution in [-0.4, -0.2) is 0 Å². The maximum absolute atomic E-state index is 15.1. The molecule has 0 saturated heterocycles. The SMILES string of the molecule is C[C@@H](CC1C=CC(CCC2(C)CC=C(c3ccc(F)cc3)C=C2F)=CC1)C1=CC=CCC1. The molecular weight excluding hydrogens is 398 g/mol. The third-order valence-corrected chi connectivity index (χ3v) is 7.37. The van der Waals surface area contributed by atoms with Gasteiger partial charge in [-0.25, -0.2) is 8.78 Å². The quantitative estimate of drug-likeness (QED) is 0.403.